The van der Waals surface area contributed by atoms with E-state index in [4.69, 9.17) is 4.99 Å². The number of aromatic nitrogens is 1. The molecule has 1 aromatic heterocycles. The molecule has 1 N–H and O–H groups in total. The molecule has 1 unspecified atom stereocenters. The van der Waals surface area contributed by atoms with Crippen LogP contribution in [0.4, 0.5) is 0 Å². The lowest BCUT2D eigenvalue weighted by Gasteiger charge is -2.39. The van der Waals surface area contributed by atoms with Gasteiger partial charge in [-0.25, -0.2) is 0 Å². The van der Waals surface area contributed by atoms with E-state index in [2.05, 4.69) is 22.0 Å². The van der Waals surface area contributed by atoms with Crippen LogP contribution in [-0.4, -0.2) is 89.5 Å². The van der Waals surface area contributed by atoms with Crippen molar-refractivity contribution in [3.63, 3.8) is 0 Å². The van der Waals surface area contributed by atoms with Crippen molar-refractivity contribution in [3.8, 4) is 0 Å². The minimum absolute atomic E-state index is 0. The normalized spacial score (nSPS) is 18.4. The van der Waals surface area contributed by atoms with E-state index >= 15 is 0 Å². The molecule has 0 bridgehead atoms. The number of guanidine groups is 1. The third kappa shape index (κ3) is 7.47. The Kier molecular flexibility index (Phi) is 11.5. The number of rotatable bonds is 8. The van der Waals surface area contributed by atoms with Gasteiger partial charge in [-0.2, -0.15) is 0 Å². The first-order valence-electron chi connectivity index (χ1n) is 11.8. The molecule has 2 saturated heterocycles. The van der Waals surface area contributed by atoms with Crippen LogP contribution in [0.3, 0.4) is 0 Å². The molecule has 0 aromatic carbocycles. The van der Waals surface area contributed by atoms with E-state index in [-0.39, 0.29) is 41.5 Å². The van der Waals surface area contributed by atoms with Crippen molar-refractivity contribution in [2.45, 2.75) is 52.1 Å². The Morgan fingerprint density at radius 3 is 2.44 bits per heavy atom. The van der Waals surface area contributed by atoms with Crippen molar-refractivity contribution in [3.05, 3.63) is 34.7 Å². The van der Waals surface area contributed by atoms with Gasteiger partial charge in [0, 0.05) is 71.2 Å². The monoisotopic (exact) mass is 558 g/mol. The minimum Gasteiger partial charge on any atom is -0.357 e. The summed E-state index contributed by atoms with van der Waals surface area (Å²) < 4.78 is 1.75. The number of nitrogens with zero attached hydrogens (tertiary/aromatic N) is 5. The summed E-state index contributed by atoms with van der Waals surface area (Å²) in [6, 6.07) is 5.22. The fourth-order valence-electron chi connectivity index (χ4n) is 4.33. The zero-order valence-electron chi connectivity index (χ0n) is 19.5. The number of amides is 1. The molecule has 0 saturated carbocycles. The van der Waals surface area contributed by atoms with Crippen LogP contribution in [0.2, 0.25) is 0 Å². The third-order valence-electron chi connectivity index (χ3n) is 6.24. The summed E-state index contributed by atoms with van der Waals surface area (Å²) in [6.45, 7) is 11.8. The number of likely N-dealkylation sites (tertiary alicyclic amines) is 1. The number of aryl methyl sites for hydroxylation is 1. The van der Waals surface area contributed by atoms with Crippen LogP contribution in [-0.2, 0) is 11.3 Å². The predicted octanol–water partition coefficient (Wildman–Crippen LogP) is 1.84. The number of unbranched alkanes of at least 4 members (excludes halogenated alkanes) is 1. The number of pyridine rings is 1. The van der Waals surface area contributed by atoms with Crippen LogP contribution >= 0.6 is 24.0 Å². The molecule has 32 heavy (non-hydrogen) atoms. The highest BCUT2D eigenvalue weighted by Crippen LogP contribution is 2.14. The lowest BCUT2D eigenvalue weighted by Crippen LogP contribution is -2.57. The van der Waals surface area contributed by atoms with Gasteiger partial charge < -0.3 is 19.7 Å². The van der Waals surface area contributed by atoms with E-state index in [1.54, 1.807) is 16.7 Å². The fraction of sp³-hybridized carbons (Fsp3) is 0.696. The number of carbonyl (C=O) groups is 1. The number of halogens is 1. The van der Waals surface area contributed by atoms with Gasteiger partial charge in [-0.1, -0.05) is 6.07 Å². The second kappa shape index (κ2) is 13.8. The summed E-state index contributed by atoms with van der Waals surface area (Å²) in [4.78, 5) is 35.9. The molecule has 9 heteroatoms. The van der Waals surface area contributed by atoms with E-state index in [0.717, 1.165) is 90.5 Å². The predicted molar refractivity (Wildman–Crippen MR) is 140 cm³/mol. The van der Waals surface area contributed by atoms with Gasteiger partial charge in [0.1, 0.15) is 0 Å². The largest absolute Gasteiger partial charge is 0.357 e. The first kappa shape index (κ1) is 26.6. The van der Waals surface area contributed by atoms with E-state index in [9.17, 15) is 9.59 Å². The first-order chi connectivity index (χ1) is 15.1. The van der Waals surface area contributed by atoms with Crippen molar-refractivity contribution < 1.29 is 4.79 Å². The molecule has 3 rings (SSSR count). The smallest absolute Gasteiger partial charge is 0.250 e. The summed E-state index contributed by atoms with van der Waals surface area (Å²) in [5.74, 6) is 1.24. The van der Waals surface area contributed by atoms with Gasteiger partial charge in [0.05, 0.1) is 6.04 Å². The summed E-state index contributed by atoms with van der Waals surface area (Å²) >= 11 is 0. The van der Waals surface area contributed by atoms with E-state index in [1.807, 2.05) is 24.1 Å². The summed E-state index contributed by atoms with van der Waals surface area (Å²) in [5.41, 5.74) is 0.0506. The summed E-state index contributed by atoms with van der Waals surface area (Å²) in [5, 5.41) is 3.41. The Labute approximate surface area is 209 Å². The number of hydrogen-bond acceptors (Lipinski definition) is 4. The number of carbonyl (C=O) groups excluding carboxylic acids is 1. The molecule has 1 amide bonds. The van der Waals surface area contributed by atoms with E-state index in [0.29, 0.717) is 0 Å². The van der Waals surface area contributed by atoms with Crippen LogP contribution in [0, 0.1) is 0 Å². The molecular weight excluding hydrogens is 519 g/mol. The molecule has 8 nitrogen and oxygen atoms in total. The average molecular weight is 559 g/mol. The third-order valence-corrected chi connectivity index (χ3v) is 6.24. The fourth-order valence-corrected chi connectivity index (χ4v) is 4.33. The number of piperazine rings is 1. The molecule has 2 aliphatic rings. The topological polar surface area (TPSA) is 73.2 Å². The van der Waals surface area contributed by atoms with Gasteiger partial charge in [0.2, 0.25) is 11.5 Å². The van der Waals surface area contributed by atoms with Gasteiger partial charge in [0.15, 0.2) is 5.96 Å². The van der Waals surface area contributed by atoms with E-state index < -0.39 is 0 Å². The van der Waals surface area contributed by atoms with Crippen molar-refractivity contribution in [1.82, 2.24) is 24.6 Å². The summed E-state index contributed by atoms with van der Waals surface area (Å²) in [7, 11) is 0. The lowest BCUT2D eigenvalue weighted by molar-refractivity contribution is -0.135. The zero-order valence-corrected chi connectivity index (χ0v) is 21.9. The van der Waals surface area contributed by atoms with Crippen molar-refractivity contribution in [1.29, 1.82) is 0 Å². The Balaban J connectivity index is 0.00000363. The molecule has 0 radical (unpaired) electrons. The van der Waals surface area contributed by atoms with Gasteiger partial charge in [0.25, 0.3) is 0 Å². The zero-order chi connectivity index (χ0) is 22.1. The average Bonchev–Trinajstić information content (AvgIpc) is 3.33. The maximum Gasteiger partial charge on any atom is 0.250 e. The summed E-state index contributed by atoms with van der Waals surface area (Å²) in [6.07, 6.45) is 5.98. The van der Waals surface area contributed by atoms with Crippen molar-refractivity contribution in [2.75, 3.05) is 52.4 Å². The number of nitrogens with one attached hydrogen (secondary N) is 1. The standard InChI is InChI=1S/C23H38N6O2.HI/c1-3-24-23(25-11-5-7-13-27-12-6-4-10-21(27)30)29-18-16-26(17-19-29)20(2)22(31)28-14-8-9-15-28;/h4,6,10,12,20H,3,5,7-9,11,13-19H2,1-2H3,(H,24,25);1H. The molecule has 2 fully saturated rings. The SMILES string of the molecule is CCNC(=NCCCCn1ccccc1=O)N1CCN(C(C)C(=O)N2CCCC2)CC1.I. The second-order valence-corrected chi connectivity index (χ2v) is 8.41. The maximum absolute atomic E-state index is 12.7. The number of hydrogen-bond donors (Lipinski definition) is 1. The Bertz CT molecular complexity index is 785. The van der Waals surface area contributed by atoms with Crippen LogP contribution in [0.5, 0.6) is 0 Å². The van der Waals surface area contributed by atoms with Crippen molar-refractivity contribution >= 4 is 35.8 Å². The Morgan fingerprint density at radius 2 is 1.78 bits per heavy atom. The van der Waals surface area contributed by atoms with Gasteiger partial charge in [-0.15, -0.1) is 24.0 Å². The molecule has 1 aromatic rings. The first-order valence-corrected chi connectivity index (χ1v) is 11.8. The molecular formula is C23H39IN6O2. The van der Waals surface area contributed by atoms with Gasteiger partial charge in [-0.3, -0.25) is 19.5 Å². The van der Waals surface area contributed by atoms with Crippen LogP contribution in [0.1, 0.15) is 39.5 Å². The van der Waals surface area contributed by atoms with Gasteiger partial charge in [-0.05, 0) is 45.6 Å². The van der Waals surface area contributed by atoms with Crippen LogP contribution in [0.25, 0.3) is 0 Å². The molecule has 2 aliphatic heterocycles. The molecule has 3 heterocycles. The second-order valence-electron chi connectivity index (χ2n) is 8.41. The Hall–Kier alpha value is -1.62. The quantitative estimate of drug-likeness (QED) is 0.228. The minimum atomic E-state index is -0.0406. The number of aliphatic imine (C=N–C) groups is 1. The molecule has 180 valence electrons. The van der Waals surface area contributed by atoms with Crippen LogP contribution < -0.4 is 10.9 Å². The highest BCUT2D eigenvalue weighted by molar-refractivity contribution is 14.0. The van der Waals surface area contributed by atoms with Crippen LogP contribution in [0.15, 0.2) is 34.2 Å². The molecule has 0 spiro atoms. The maximum atomic E-state index is 12.7. The lowest BCUT2D eigenvalue weighted by atomic mass is 10.2. The molecule has 1 atom stereocenters. The molecule has 0 aliphatic carbocycles. The highest BCUT2D eigenvalue weighted by Gasteiger charge is 2.30. The Morgan fingerprint density at radius 1 is 1.06 bits per heavy atom. The van der Waals surface area contributed by atoms with Crippen molar-refractivity contribution in [2.24, 2.45) is 4.99 Å². The highest BCUT2D eigenvalue weighted by atomic mass is 127. The van der Waals surface area contributed by atoms with E-state index in [1.165, 1.54) is 0 Å². The van der Waals surface area contributed by atoms with Gasteiger partial charge >= 0.3 is 0 Å².